The van der Waals surface area contributed by atoms with Crippen molar-refractivity contribution >= 4 is 17.6 Å². The highest BCUT2D eigenvalue weighted by molar-refractivity contribution is 5.91. The molecular formula is C18H23N3O5. The fourth-order valence-electron chi connectivity index (χ4n) is 2.41. The van der Waals surface area contributed by atoms with Gasteiger partial charge in [0.05, 0.1) is 14.2 Å². The molecule has 2 rings (SSSR count). The van der Waals surface area contributed by atoms with Crippen LogP contribution in [0.4, 0.5) is 5.82 Å². The molecule has 1 N–H and O–H groups in total. The second kappa shape index (κ2) is 8.89. The maximum atomic E-state index is 12.1. The van der Waals surface area contributed by atoms with Crippen LogP contribution >= 0.6 is 0 Å². The molecule has 0 atom stereocenters. The zero-order valence-corrected chi connectivity index (χ0v) is 15.4. The molecule has 8 heteroatoms. The van der Waals surface area contributed by atoms with Crippen LogP contribution in [0.2, 0.25) is 0 Å². The lowest BCUT2D eigenvalue weighted by Crippen LogP contribution is -2.34. The fraction of sp³-hybridized carbons (Fsp3) is 0.389. The molecular weight excluding hydrogens is 338 g/mol. The summed E-state index contributed by atoms with van der Waals surface area (Å²) >= 11 is 0. The van der Waals surface area contributed by atoms with Crippen LogP contribution in [-0.2, 0) is 16.1 Å². The lowest BCUT2D eigenvalue weighted by molar-refractivity contribution is -0.121. The van der Waals surface area contributed by atoms with Crippen molar-refractivity contribution < 1.29 is 23.6 Å². The number of carbonyl (C=O) groups excluding carboxylic acids is 2. The van der Waals surface area contributed by atoms with Gasteiger partial charge < -0.3 is 19.3 Å². The number of nitrogens with one attached hydrogen (secondary N) is 1. The molecule has 0 aliphatic carbocycles. The first-order valence-electron chi connectivity index (χ1n) is 8.13. The fourth-order valence-corrected chi connectivity index (χ4v) is 2.41. The Morgan fingerprint density at radius 3 is 2.50 bits per heavy atom. The van der Waals surface area contributed by atoms with Crippen molar-refractivity contribution in [2.75, 3.05) is 25.7 Å². The Balaban J connectivity index is 1.89. The quantitative estimate of drug-likeness (QED) is 0.773. The Morgan fingerprint density at radius 2 is 1.92 bits per heavy atom. The average Bonchev–Trinajstić information content (AvgIpc) is 3.05. The molecule has 0 spiro atoms. The topological polar surface area (TPSA) is 93.9 Å². The summed E-state index contributed by atoms with van der Waals surface area (Å²) in [6, 6.07) is 7.09. The van der Waals surface area contributed by atoms with Crippen LogP contribution in [0.5, 0.6) is 11.5 Å². The molecule has 1 aromatic carbocycles. The first kappa shape index (κ1) is 19.3. The summed E-state index contributed by atoms with van der Waals surface area (Å²) in [5.74, 6) is 1.86. The number of carbonyl (C=O) groups is 2. The van der Waals surface area contributed by atoms with E-state index in [0.29, 0.717) is 29.6 Å². The highest BCUT2D eigenvalue weighted by Crippen LogP contribution is 2.27. The Bertz CT molecular complexity index is 772. The van der Waals surface area contributed by atoms with Gasteiger partial charge in [0.2, 0.25) is 11.8 Å². The molecule has 0 fully saturated rings. The lowest BCUT2D eigenvalue weighted by Gasteiger charge is -2.17. The molecule has 0 bridgehead atoms. The second-order valence-corrected chi connectivity index (χ2v) is 5.68. The van der Waals surface area contributed by atoms with E-state index in [-0.39, 0.29) is 24.8 Å². The predicted molar refractivity (Wildman–Crippen MR) is 95.3 cm³/mol. The van der Waals surface area contributed by atoms with E-state index >= 15 is 0 Å². The number of anilines is 1. The molecule has 8 nitrogen and oxygen atoms in total. The van der Waals surface area contributed by atoms with E-state index in [2.05, 4.69) is 10.5 Å². The van der Waals surface area contributed by atoms with Gasteiger partial charge in [-0.25, -0.2) is 0 Å². The third-order valence-electron chi connectivity index (χ3n) is 3.77. The molecule has 0 aliphatic rings. The van der Waals surface area contributed by atoms with E-state index in [1.54, 1.807) is 39.3 Å². The van der Waals surface area contributed by atoms with Crippen molar-refractivity contribution in [2.24, 2.45) is 0 Å². The molecule has 0 unspecified atom stereocenters. The molecule has 0 radical (unpaired) electrons. The SMILES string of the molecule is COc1ccc(CNC(=O)CCN(C(C)=O)c2cc(C)on2)cc1OC. The second-order valence-electron chi connectivity index (χ2n) is 5.68. The summed E-state index contributed by atoms with van der Waals surface area (Å²) in [4.78, 5) is 25.3. The predicted octanol–water partition coefficient (Wildman–Crippen LogP) is 2.06. The van der Waals surface area contributed by atoms with Crippen molar-refractivity contribution in [1.29, 1.82) is 0 Å². The molecule has 140 valence electrons. The van der Waals surface area contributed by atoms with E-state index in [4.69, 9.17) is 14.0 Å². The third kappa shape index (κ3) is 4.98. The molecule has 0 aliphatic heterocycles. The van der Waals surface area contributed by atoms with Gasteiger partial charge in [0.15, 0.2) is 17.3 Å². The summed E-state index contributed by atoms with van der Waals surface area (Å²) in [6.45, 7) is 3.73. The first-order valence-corrected chi connectivity index (χ1v) is 8.13. The van der Waals surface area contributed by atoms with Crippen LogP contribution < -0.4 is 19.7 Å². The van der Waals surface area contributed by atoms with Gasteiger partial charge in [-0.3, -0.25) is 14.5 Å². The minimum Gasteiger partial charge on any atom is -0.493 e. The van der Waals surface area contributed by atoms with Crippen LogP contribution in [0.1, 0.15) is 24.7 Å². The number of rotatable bonds is 8. The van der Waals surface area contributed by atoms with Crippen molar-refractivity contribution in [3.8, 4) is 11.5 Å². The van der Waals surface area contributed by atoms with Gasteiger partial charge in [0.25, 0.3) is 0 Å². The van der Waals surface area contributed by atoms with E-state index < -0.39 is 0 Å². The van der Waals surface area contributed by atoms with Crippen molar-refractivity contribution in [1.82, 2.24) is 10.5 Å². The Kier molecular flexibility index (Phi) is 6.60. The molecule has 2 amide bonds. The summed E-state index contributed by atoms with van der Waals surface area (Å²) in [7, 11) is 3.12. The number of amides is 2. The zero-order valence-electron chi connectivity index (χ0n) is 15.4. The minimum absolute atomic E-state index is 0.152. The first-order chi connectivity index (χ1) is 12.4. The molecule has 2 aromatic rings. The van der Waals surface area contributed by atoms with Gasteiger partial charge >= 0.3 is 0 Å². The Labute approximate surface area is 152 Å². The number of aryl methyl sites for hydroxylation is 1. The van der Waals surface area contributed by atoms with E-state index in [1.807, 2.05) is 6.07 Å². The maximum absolute atomic E-state index is 12.1. The van der Waals surface area contributed by atoms with Crippen LogP contribution in [0.3, 0.4) is 0 Å². The summed E-state index contributed by atoms with van der Waals surface area (Å²) in [6.07, 6.45) is 0.152. The van der Waals surface area contributed by atoms with Gasteiger partial charge in [-0.1, -0.05) is 11.2 Å². The number of hydrogen-bond donors (Lipinski definition) is 1. The standard InChI is InChI=1S/C18H23N3O5/c1-12-9-17(20-26-12)21(13(2)22)8-7-18(23)19-11-14-5-6-15(24-3)16(10-14)25-4/h5-6,9-10H,7-8,11H2,1-4H3,(H,19,23). The van der Waals surface area contributed by atoms with E-state index in [9.17, 15) is 9.59 Å². The monoisotopic (exact) mass is 361 g/mol. The molecule has 1 heterocycles. The molecule has 0 saturated heterocycles. The normalized spacial score (nSPS) is 10.3. The van der Waals surface area contributed by atoms with E-state index in [1.165, 1.54) is 11.8 Å². The van der Waals surface area contributed by atoms with Crippen molar-refractivity contribution in [3.05, 3.63) is 35.6 Å². The highest BCUT2D eigenvalue weighted by Gasteiger charge is 2.17. The highest BCUT2D eigenvalue weighted by atomic mass is 16.5. The van der Waals surface area contributed by atoms with Gasteiger partial charge in [0.1, 0.15) is 5.76 Å². The van der Waals surface area contributed by atoms with Crippen LogP contribution in [-0.4, -0.2) is 37.7 Å². The molecule has 1 aromatic heterocycles. The smallest absolute Gasteiger partial charge is 0.225 e. The van der Waals surface area contributed by atoms with E-state index in [0.717, 1.165) is 5.56 Å². The van der Waals surface area contributed by atoms with Gasteiger partial charge in [-0.05, 0) is 24.6 Å². The molecule has 0 saturated carbocycles. The van der Waals surface area contributed by atoms with Crippen LogP contribution in [0.15, 0.2) is 28.8 Å². The maximum Gasteiger partial charge on any atom is 0.225 e. The number of aromatic nitrogens is 1. The summed E-state index contributed by atoms with van der Waals surface area (Å²) in [5, 5.41) is 6.64. The Hall–Kier alpha value is -3.03. The lowest BCUT2D eigenvalue weighted by atomic mass is 10.2. The van der Waals surface area contributed by atoms with Crippen molar-refractivity contribution in [2.45, 2.75) is 26.8 Å². The zero-order chi connectivity index (χ0) is 19.1. The van der Waals surface area contributed by atoms with Gasteiger partial charge in [-0.15, -0.1) is 0 Å². The average molecular weight is 361 g/mol. The largest absolute Gasteiger partial charge is 0.493 e. The summed E-state index contributed by atoms with van der Waals surface area (Å²) in [5.41, 5.74) is 0.881. The van der Waals surface area contributed by atoms with Gasteiger partial charge in [-0.2, -0.15) is 0 Å². The Morgan fingerprint density at radius 1 is 1.19 bits per heavy atom. The van der Waals surface area contributed by atoms with Crippen LogP contribution in [0.25, 0.3) is 0 Å². The molecule has 26 heavy (non-hydrogen) atoms. The number of nitrogens with zero attached hydrogens (tertiary/aromatic N) is 2. The van der Waals surface area contributed by atoms with Gasteiger partial charge in [0, 0.05) is 32.5 Å². The van der Waals surface area contributed by atoms with Crippen molar-refractivity contribution in [3.63, 3.8) is 0 Å². The number of benzene rings is 1. The number of methoxy groups -OCH3 is 2. The summed E-state index contributed by atoms with van der Waals surface area (Å²) < 4.78 is 15.4. The van der Waals surface area contributed by atoms with Crippen LogP contribution in [0, 0.1) is 6.92 Å². The minimum atomic E-state index is -0.203. The third-order valence-corrected chi connectivity index (χ3v) is 3.77. The number of hydrogen-bond acceptors (Lipinski definition) is 6. The number of ether oxygens (including phenoxy) is 2.